The SMILES string of the molecule is CC/C=C/C=C/C=C/C=C/C=C/CCCC(=O)OCC(COC(=O)CCCCC/C=C/C=C/CCCCCCCCC)OC(=O)CCCCCCC/C=C/C=C/C=C/C=C/CC. The minimum atomic E-state index is -0.834. The van der Waals surface area contributed by atoms with Gasteiger partial charge in [-0.05, 0) is 77.0 Å². The number of esters is 3. The lowest BCUT2D eigenvalue weighted by atomic mass is 10.1. The third-order valence-corrected chi connectivity index (χ3v) is 9.62. The lowest BCUT2D eigenvalue weighted by Crippen LogP contribution is -2.30. The monoisotopic (exact) mass is 855 g/mol. The zero-order valence-electron chi connectivity index (χ0n) is 39.3. The van der Waals surface area contributed by atoms with Gasteiger partial charge in [0.25, 0.3) is 0 Å². The fraction of sp³-hybridized carbons (Fsp3) is 0.554. The maximum Gasteiger partial charge on any atom is 0.306 e. The van der Waals surface area contributed by atoms with Gasteiger partial charge in [-0.2, -0.15) is 0 Å². The summed E-state index contributed by atoms with van der Waals surface area (Å²) in [6, 6.07) is 0. The van der Waals surface area contributed by atoms with E-state index in [0.717, 1.165) is 89.9 Å². The molecule has 0 rings (SSSR count). The first-order valence-electron chi connectivity index (χ1n) is 24.3. The van der Waals surface area contributed by atoms with E-state index in [1.54, 1.807) is 0 Å². The third-order valence-electron chi connectivity index (χ3n) is 9.62. The van der Waals surface area contributed by atoms with Crippen LogP contribution in [0.25, 0.3) is 0 Å². The predicted octanol–water partition coefficient (Wildman–Crippen LogP) is 15.9. The summed E-state index contributed by atoms with van der Waals surface area (Å²) in [4.78, 5) is 37.9. The van der Waals surface area contributed by atoms with Crippen molar-refractivity contribution in [2.75, 3.05) is 13.2 Å². The minimum absolute atomic E-state index is 0.130. The molecule has 0 aliphatic carbocycles. The zero-order valence-corrected chi connectivity index (χ0v) is 39.3. The van der Waals surface area contributed by atoms with E-state index in [0.29, 0.717) is 12.8 Å². The number of allylic oxidation sites excluding steroid dienone is 22. The lowest BCUT2D eigenvalue weighted by molar-refractivity contribution is -0.167. The van der Waals surface area contributed by atoms with E-state index in [9.17, 15) is 14.4 Å². The van der Waals surface area contributed by atoms with E-state index in [4.69, 9.17) is 14.2 Å². The molecule has 62 heavy (non-hydrogen) atoms. The van der Waals surface area contributed by atoms with Crippen molar-refractivity contribution in [3.05, 3.63) is 134 Å². The Morgan fingerprint density at radius 2 is 0.645 bits per heavy atom. The highest BCUT2D eigenvalue weighted by Gasteiger charge is 2.19. The summed E-state index contributed by atoms with van der Waals surface area (Å²) in [7, 11) is 0. The van der Waals surface area contributed by atoms with Gasteiger partial charge in [0.2, 0.25) is 0 Å². The first-order chi connectivity index (χ1) is 30.5. The second-order valence-corrected chi connectivity index (χ2v) is 15.5. The van der Waals surface area contributed by atoms with E-state index in [1.807, 2.05) is 79.0 Å². The Balaban J connectivity index is 4.60. The number of carbonyl (C=O) groups excluding carboxylic acids is 3. The smallest absolute Gasteiger partial charge is 0.306 e. The van der Waals surface area contributed by atoms with E-state index < -0.39 is 6.10 Å². The first kappa shape index (κ1) is 57.5. The largest absolute Gasteiger partial charge is 0.462 e. The molecule has 0 aromatic heterocycles. The number of carbonyl (C=O) groups is 3. The van der Waals surface area contributed by atoms with Crippen LogP contribution in [0.4, 0.5) is 0 Å². The van der Waals surface area contributed by atoms with E-state index in [1.165, 1.54) is 44.9 Å². The highest BCUT2D eigenvalue weighted by molar-refractivity contribution is 5.71. The van der Waals surface area contributed by atoms with Crippen LogP contribution >= 0.6 is 0 Å². The summed E-state index contributed by atoms with van der Waals surface area (Å²) in [5.41, 5.74) is 0. The van der Waals surface area contributed by atoms with Gasteiger partial charge in [-0.25, -0.2) is 0 Å². The number of rotatable bonds is 41. The van der Waals surface area contributed by atoms with Gasteiger partial charge in [0.05, 0.1) is 0 Å². The normalized spacial score (nSPS) is 13.3. The fourth-order valence-corrected chi connectivity index (χ4v) is 6.00. The Kier molecular flexibility index (Phi) is 45.7. The molecule has 0 N–H and O–H groups in total. The average molecular weight is 855 g/mol. The van der Waals surface area contributed by atoms with Gasteiger partial charge in [-0.3, -0.25) is 14.4 Å². The molecule has 6 heteroatoms. The van der Waals surface area contributed by atoms with Crippen LogP contribution in [0.3, 0.4) is 0 Å². The van der Waals surface area contributed by atoms with Gasteiger partial charge in [0.1, 0.15) is 13.2 Å². The lowest BCUT2D eigenvalue weighted by Gasteiger charge is -2.18. The molecule has 0 aliphatic heterocycles. The molecule has 6 nitrogen and oxygen atoms in total. The Morgan fingerprint density at radius 1 is 0.339 bits per heavy atom. The van der Waals surface area contributed by atoms with Crippen molar-refractivity contribution in [2.45, 2.75) is 187 Å². The molecule has 0 bridgehead atoms. The minimum Gasteiger partial charge on any atom is -0.462 e. The Labute approximate surface area is 379 Å². The van der Waals surface area contributed by atoms with Gasteiger partial charge >= 0.3 is 17.9 Å². The van der Waals surface area contributed by atoms with Crippen molar-refractivity contribution in [3.8, 4) is 0 Å². The first-order valence-corrected chi connectivity index (χ1v) is 24.3. The molecule has 0 aliphatic rings. The predicted molar refractivity (Wildman–Crippen MR) is 265 cm³/mol. The van der Waals surface area contributed by atoms with Crippen LogP contribution in [0.5, 0.6) is 0 Å². The zero-order chi connectivity index (χ0) is 45.1. The fourth-order valence-electron chi connectivity index (χ4n) is 6.00. The topological polar surface area (TPSA) is 78.9 Å². The van der Waals surface area contributed by atoms with Crippen molar-refractivity contribution in [3.63, 3.8) is 0 Å². The van der Waals surface area contributed by atoms with Crippen molar-refractivity contribution >= 4 is 17.9 Å². The van der Waals surface area contributed by atoms with E-state index in [2.05, 4.69) is 75.5 Å². The summed E-state index contributed by atoms with van der Waals surface area (Å²) in [6.07, 6.45) is 68.7. The van der Waals surface area contributed by atoms with Crippen LogP contribution < -0.4 is 0 Å². The van der Waals surface area contributed by atoms with Gasteiger partial charge < -0.3 is 14.2 Å². The van der Waals surface area contributed by atoms with Gasteiger partial charge in [0.15, 0.2) is 6.10 Å². The molecule has 0 radical (unpaired) electrons. The molecule has 0 aromatic rings. The van der Waals surface area contributed by atoms with Crippen LogP contribution in [0.15, 0.2) is 134 Å². The Hall–Kier alpha value is -4.45. The molecule has 1 unspecified atom stereocenters. The molecule has 0 amide bonds. The maximum absolute atomic E-state index is 12.8. The van der Waals surface area contributed by atoms with Crippen LogP contribution in [0.1, 0.15) is 181 Å². The van der Waals surface area contributed by atoms with Gasteiger partial charge in [-0.15, -0.1) is 0 Å². The second-order valence-electron chi connectivity index (χ2n) is 15.5. The third kappa shape index (κ3) is 46.6. The summed E-state index contributed by atoms with van der Waals surface area (Å²) in [5, 5.41) is 0. The summed E-state index contributed by atoms with van der Waals surface area (Å²) < 4.78 is 16.6. The van der Waals surface area contributed by atoms with Crippen LogP contribution in [0.2, 0.25) is 0 Å². The Morgan fingerprint density at radius 3 is 1.08 bits per heavy atom. The number of hydrogen-bond acceptors (Lipinski definition) is 6. The molecular formula is C56H86O6. The second kappa shape index (κ2) is 49.2. The van der Waals surface area contributed by atoms with Crippen molar-refractivity contribution < 1.29 is 28.6 Å². The Bertz CT molecular complexity index is 1400. The van der Waals surface area contributed by atoms with Crippen molar-refractivity contribution in [1.82, 2.24) is 0 Å². The molecule has 0 fully saturated rings. The van der Waals surface area contributed by atoms with Gasteiger partial charge in [0, 0.05) is 19.3 Å². The highest BCUT2D eigenvalue weighted by Crippen LogP contribution is 2.12. The summed E-state index contributed by atoms with van der Waals surface area (Å²) in [6.45, 7) is 6.21. The van der Waals surface area contributed by atoms with Gasteiger partial charge in [-0.1, -0.05) is 219 Å². The molecule has 0 heterocycles. The maximum atomic E-state index is 12.8. The molecule has 0 saturated carbocycles. The summed E-state index contributed by atoms with van der Waals surface area (Å²) in [5.74, 6) is -1.07. The molecule has 0 saturated heterocycles. The molecule has 1 atom stereocenters. The standard InChI is InChI=1S/C56H86O6/c1-4-7-10-13-16-19-22-25-27-29-31-34-37-40-43-46-49-55(58)61-52-53(51-60-54(57)48-45-42-39-36-33-30-24-21-18-15-12-9-6-3)62-56(59)50-47-44-41-38-35-32-28-26-23-20-17-14-11-8-5-2/h8-9,11-12,14-15,17-18,20-21,23-24,26-31,33-34,36,39,53H,4-7,10,13,16,19,22,25,32,35,37-38,40-52H2,1-3H3/b11-8+,12-9+,17-14+,18-15+,23-20+,24-21+,28-26+,29-27+,33-30+,34-31+,39-36+. The van der Waals surface area contributed by atoms with Crippen molar-refractivity contribution in [1.29, 1.82) is 0 Å². The number of unbranched alkanes of at least 4 members (excludes halogenated alkanes) is 16. The summed E-state index contributed by atoms with van der Waals surface area (Å²) >= 11 is 0. The molecule has 0 spiro atoms. The quantitative estimate of drug-likeness (QED) is 0.0264. The molecule has 0 aromatic carbocycles. The van der Waals surface area contributed by atoms with Crippen LogP contribution in [-0.4, -0.2) is 37.2 Å². The van der Waals surface area contributed by atoms with Crippen LogP contribution in [-0.2, 0) is 28.6 Å². The molecule has 346 valence electrons. The van der Waals surface area contributed by atoms with E-state index in [-0.39, 0.29) is 44.0 Å². The average Bonchev–Trinajstić information content (AvgIpc) is 3.27. The highest BCUT2D eigenvalue weighted by atomic mass is 16.6. The molecular weight excluding hydrogens is 769 g/mol. The number of hydrogen-bond donors (Lipinski definition) is 0. The van der Waals surface area contributed by atoms with Crippen LogP contribution in [0, 0.1) is 0 Å². The van der Waals surface area contributed by atoms with E-state index >= 15 is 0 Å². The number of ether oxygens (including phenoxy) is 3. The van der Waals surface area contributed by atoms with Crippen molar-refractivity contribution in [2.24, 2.45) is 0 Å².